The Kier molecular flexibility index (Phi) is 4.36. The smallest absolute Gasteiger partial charge is 0.234 e. The Labute approximate surface area is 83.3 Å². The van der Waals surface area contributed by atoms with E-state index in [1.807, 2.05) is 11.0 Å². The summed E-state index contributed by atoms with van der Waals surface area (Å²) in [6.45, 7) is 2.08. The summed E-state index contributed by atoms with van der Waals surface area (Å²) in [5, 5.41) is 20.1. The number of β-amino-alcohol motifs (C(OH)–C–C–N with tert-alkyl or cyclic N) is 1. The monoisotopic (exact) mass is 197 g/mol. The number of carbonyl (C=O) groups is 1. The molecular weight excluding hydrogens is 182 g/mol. The van der Waals surface area contributed by atoms with Crippen LogP contribution >= 0.6 is 0 Å². The second-order valence-electron chi connectivity index (χ2n) is 3.44. The topological polar surface area (TPSA) is 76.4 Å². The normalized spacial score (nSPS) is 21.9. The molecule has 1 rings (SSSR count). The minimum atomic E-state index is -0.290. The van der Waals surface area contributed by atoms with Gasteiger partial charge in [0.05, 0.1) is 25.1 Å². The van der Waals surface area contributed by atoms with Gasteiger partial charge >= 0.3 is 0 Å². The van der Waals surface area contributed by atoms with E-state index in [0.717, 1.165) is 13.0 Å². The molecule has 1 aliphatic heterocycles. The van der Waals surface area contributed by atoms with Crippen LogP contribution in [0, 0.1) is 11.3 Å². The minimum absolute atomic E-state index is 0.0747. The zero-order valence-corrected chi connectivity index (χ0v) is 8.07. The van der Waals surface area contributed by atoms with Crippen molar-refractivity contribution in [2.24, 2.45) is 0 Å². The highest BCUT2D eigenvalue weighted by Crippen LogP contribution is 2.07. The van der Waals surface area contributed by atoms with Crippen LogP contribution in [0.1, 0.15) is 12.8 Å². The molecule has 0 saturated carbocycles. The fourth-order valence-corrected chi connectivity index (χ4v) is 1.47. The first-order valence-corrected chi connectivity index (χ1v) is 4.76. The van der Waals surface area contributed by atoms with Crippen molar-refractivity contribution in [3.63, 3.8) is 0 Å². The van der Waals surface area contributed by atoms with Crippen molar-refractivity contribution in [3.8, 4) is 6.07 Å². The highest BCUT2D eigenvalue weighted by molar-refractivity contribution is 5.78. The first kappa shape index (κ1) is 11.0. The molecule has 1 heterocycles. The second-order valence-corrected chi connectivity index (χ2v) is 3.44. The maximum absolute atomic E-state index is 11.2. The summed E-state index contributed by atoms with van der Waals surface area (Å²) in [6.07, 6.45) is 0.793. The molecule has 0 spiro atoms. The van der Waals surface area contributed by atoms with Crippen molar-refractivity contribution in [2.45, 2.75) is 18.9 Å². The first-order valence-electron chi connectivity index (χ1n) is 4.76. The molecule has 1 aliphatic rings. The molecule has 14 heavy (non-hydrogen) atoms. The van der Waals surface area contributed by atoms with Crippen molar-refractivity contribution >= 4 is 5.91 Å². The predicted molar refractivity (Wildman–Crippen MR) is 50.3 cm³/mol. The average molecular weight is 197 g/mol. The third-order valence-corrected chi connectivity index (χ3v) is 2.17. The number of carbonyl (C=O) groups excluding carboxylic acids is 1. The summed E-state index contributed by atoms with van der Waals surface area (Å²) in [7, 11) is 0. The van der Waals surface area contributed by atoms with E-state index in [-0.39, 0.29) is 12.0 Å². The van der Waals surface area contributed by atoms with Gasteiger partial charge in [-0.3, -0.25) is 9.69 Å². The summed E-state index contributed by atoms with van der Waals surface area (Å²) in [4.78, 5) is 13.1. The maximum Gasteiger partial charge on any atom is 0.234 e. The number of nitrogens with zero attached hydrogens (tertiary/aromatic N) is 2. The van der Waals surface area contributed by atoms with E-state index in [2.05, 4.69) is 5.32 Å². The van der Waals surface area contributed by atoms with Crippen LogP contribution in [0.5, 0.6) is 0 Å². The second kappa shape index (κ2) is 5.58. The predicted octanol–water partition coefficient (Wildman–Crippen LogP) is -0.917. The first-order chi connectivity index (χ1) is 6.72. The Morgan fingerprint density at radius 2 is 2.50 bits per heavy atom. The fourth-order valence-electron chi connectivity index (χ4n) is 1.47. The third kappa shape index (κ3) is 3.73. The van der Waals surface area contributed by atoms with Crippen LogP contribution in [0.15, 0.2) is 0 Å². The van der Waals surface area contributed by atoms with Gasteiger partial charge in [-0.15, -0.1) is 0 Å². The third-order valence-electron chi connectivity index (χ3n) is 2.17. The Morgan fingerprint density at radius 1 is 1.71 bits per heavy atom. The minimum Gasteiger partial charge on any atom is -0.392 e. The summed E-state index contributed by atoms with van der Waals surface area (Å²) in [5.41, 5.74) is 0. The molecule has 0 radical (unpaired) electrons. The Morgan fingerprint density at radius 3 is 3.07 bits per heavy atom. The number of amides is 1. The van der Waals surface area contributed by atoms with Gasteiger partial charge < -0.3 is 10.4 Å². The molecule has 2 N–H and O–H groups in total. The average Bonchev–Trinajstić information content (AvgIpc) is 2.52. The van der Waals surface area contributed by atoms with Crippen LogP contribution in [0.25, 0.3) is 0 Å². The molecule has 1 saturated heterocycles. The summed E-state index contributed by atoms with van der Waals surface area (Å²) in [6, 6.07) is 1.96. The zero-order valence-electron chi connectivity index (χ0n) is 8.07. The Balaban J connectivity index is 2.11. The van der Waals surface area contributed by atoms with E-state index in [4.69, 9.17) is 5.26 Å². The fraction of sp³-hybridized carbons (Fsp3) is 0.778. The van der Waals surface area contributed by atoms with Gasteiger partial charge in [0, 0.05) is 19.6 Å². The SMILES string of the molecule is N#CCCNC(=O)CN1CCC(O)C1. The van der Waals surface area contributed by atoms with E-state index in [0.29, 0.717) is 26.1 Å². The van der Waals surface area contributed by atoms with Crippen molar-refractivity contribution in [1.82, 2.24) is 10.2 Å². The van der Waals surface area contributed by atoms with Crippen molar-refractivity contribution in [2.75, 3.05) is 26.2 Å². The van der Waals surface area contributed by atoms with E-state index in [1.54, 1.807) is 0 Å². The van der Waals surface area contributed by atoms with Gasteiger partial charge in [-0.25, -0.2) is 0 Å². The molecule has 1 fully saturated rings. The number of aliphatic hydroxyl groups is 1. The summed E-state index contributed by atoms with van der Waals surface area (Å²) < 4.78 is 0. The van der Waals surface area contributed by atoms with E-state index in [9.17, 15) is 9.90 Å². The van der Waals surface area contributed by atoms with Gasteiger partial charge in [0.2, 0.25) is 5.91 Å². The van der Waals surface area contributed by atoms with Crippen molar-refractivity contribution in [3.05, 3.63) is 0 Å². The summed E-state index contributed by atoms with van der Waals surface area (Å²) in [5.74, 6) is -0.0747. The molecule has 5 heteroatoms. The van der Waals surface area contributed by atoms with Crippen LogP contribution in [0.3, 0.4) is 0 Å². The van der Waals surface area contributed by atoms with E-state index in [1.165, 1.54) is 0 Å². The summed E-state index contributed by atoms with van der Waals surface area (Å²) >= 11 is 0. The van der Waals surface area contributed by atoms with Gasteiger partial charge in [0.15, 0.2) is 0 Å². The van der Waals surface area contributed by atoms with E-state index < -0.39 is 0 Å². The van der Waals surface area contributed by atoms with Crippen molar-refractivity contribution < 1.29 is 9.90 Å². The molecule has 0 bridgehead atoms. The van der Waals surface area contributed by atoms with Crippen LogP contribution in [0.2, 0.25) is 0 Å². The Bertz CT molecular complexity index is 237. The maximum atomic E-state index is 11.2. The van der Waals surface area contributed by atoms with Crippen LogP contribution in [0.4, 0.5) is 0 Å². The lowest BCUT2D eigenvalue weighted by molar-refractivity contribution is -0.122. The molecule has 1 amide bonds. The largest absolute Gasteiger partial charge is 0.392 e. The molecule has 0 aliphatic carbocycles. The van der Waals surface area contributed by atoms with Gasteiger partial charge in [-0.05, 0) is 6.42 Å². The molecular formula is C9H15N3O2. The van der Waals surface area contributed by atoms with Gasteiger partial charge in [0.1, 0.15) is 0 Å². The molecule has 1 unspecified atom stereocenters. The lowest BCUT2D eigenvalue weighted by Crippen LogP contribution is -2.36. The lowest BCUT2D eigenvalue weighted by Gasteiger charge is -2.13. The number of nitrogens with one attached hydrogen (secondary N) is 1. The molecule has 78 valence electrons. The number of hydrogen-bond donors (Lipinski definition) is 2. The molecule has 5 nitrogen and oxygen atoms in total. The van der Waals surface area contributed by atoms with Crippen molar-refractivity contribution in [1.29, 1.82) is 5.26 Å². The molecule has 0 aromatic heterocycles. The number of likely N-dealkylation sites (tertiary alicyclic amines) is 1. The van der Waals surface area contributed by atoms with Gasteiger partial charge in [0.25, 0.3) is 0 Å². The van der Waals surface area contributed by atoms with Gasteiger partial charge in [-0.2, -0.15) is 5.26 Å². The number of hydrogen-bond acceptors (Lipinski definition) is 4. The highest BCUT2D eigenvalue weighted by atomic mass is 16.3. The zero-order chi connectivity index (χ0) is 10.4. The molecule has 0 aromatic rings. The Hall–Kier alpha value is -1.12. The number of rotatable bonds is 4. The number of aliphatic hydroxyl groups excluding tert-OH is 1. The standard InChI is InChI=1S/C9H15N3O2/c10-3-1-4-11-9(14)7-12-5-2-8(13)6-12/h8,13H,1-2,4-7H2,(H,11,14). The van der Waals surface area contributed by atoms with Crippen LogP contribution in [-0.4, -0.2) is 48.2 Å². The highest BCUT2D eigenvalue weighted by Gasteiger charge is 2.21. The molecule has 0 aromatic carbocycles. The van der Waals surface area contributed by atoms with Crippen LogP contribution in [-0.2, 0) is 4.79 Å². The lowest BCUT2D eigenvalue weighted by atomic mass is 10.3. The number of nitriles is 1. The van der Waals surface area contributed by atoms with E-state index >= 15 is 0 Å². The quantitative estimate of drug-likeness (QED) is 0.572. The van der Waals surface area contributed by atoms with Crippen LogP contribution < -0.4 is 5.32 Å². The van der Waals surface area contributed by atoms with Gasteiger partial charge in [-0.1, -0.05) is 0 Å². The molecule has 1 atom stereocenters.